The maximum Gasteiger partial charge on any atom is 0.268 e. The highest BCUT2D eigenvalue weighted by molar-refractivity contribution is 5.93. The molecule has 2 aromatic rings. The molecule has 5 aliphatic rings. The van der Waals surface area contributed by atoms with Crippen LogP contribution in [0.15, 0.2) is 24.4 Å². The first-order chi connectivity index (χ1) is 17.5. The van der Waals surface area contributed by atoms with Gasteiger partial charge in [0, 0.05) is 39.5 Å². The molecule has 194 valence electrons. The molecule has 4 aliphatic carbocycles. The Kier molecular flexibility index (Phi) is 6.53. The van der Waals surface area contributed by atoms with Crippen molar-refractivity contribution in [3.63, 3.8) is 0 Å². The van der Waals surface area contributed by atoms with Crippen LogP contribution in [0.25, 0.3) is 5.65 Å². The molecule has 36 heavy (non-hydrogen) atoms. The summed E-state index contributed by atoms with van der Waals surface area (Å²) in [6.45, 7) is 3.14. The van der Waals surface area contributed by atoms with Crippen molar-refractivity contribution in [2.24, 2.45) is 29.1 Å². The molecule has 1 N–H and O–H groups in total. The number of piperidine rings is 1. The number of pyridine rings is 1. The molecule has 4 bridgehead atoms. The number of hydrogen-bond acceptors (Lipinski definition) is 4. The lowest BCUT2D eigenvalue weighted by Crippen LogP contribution is -2.51. The number of rotatable bonds is 8. The average Bonchev–Trinajstić information content (AvgIpc) is 3.28. The number of aromatic nitrogens is 2. The number of ether oxygens (including phenoxy) is 1. The third-order valence-electron chi connectivity index (χ3n) is 9.50. The zero-order chi connectivity index (χ0) is 24.7. The summed E-state index contributed by atoms with van der Waals surface area (Å²) in [7, 11) is 1.73. The highest BCUT2D eigenvalue weighted by atomic mass is 16.5. The minimum Gasteiger partial charge on any atom is -0.385 e. The van der Waals surface area contributed by atoms with E-state index in [9.17, 15) is 9.59 Å². The fourth-order valence-electron chi connectivity index (χ4n) is 8.27. The van der Waals surface area contributed by atoms with Crippen LogP contribution in [0.3, 0.4) is 0 Å². The van der Waals surface area contributed by atoms with Crippen LogP contribution in [0.2, 0.25) is 0 Å². The van der Waals surface area contributed by atoms with E-state index in [0.29, 0.717) is 17.0 Å². The molecule has 2 amide bonds. The average molecular weight is 493 g/mol. The molecule has 0 radical (unpaired) electrons. The summed E-state index contributed by atoms with van der Waals surface area (Å²) < 4.78 is 7.09. The van der Waals surface area contributed by atoms with Gasteiger partial charge >= 0.3 is 0 Å². The number of nitrogens with one attached hydrogen (secondary N) is 1. The van der Waals surface area contributed by atoms with E-state index in [4.69, 9.17) is 4.74 Å². The van der Waals surface area contributed by atoms with Crippen molar-refractivity contribution in [1.82, 2.24) is 19.6 Å². The van der Waals surface area contributed by atoms with Crippen LogP contribution in [0.5, 0.6) is 0 Å². The van der Waals surface area contributed by atoms with Gasteiger partial charge in [-0.15, -0.1) is 0 Å². The largest absolute Gasteiger partial charge is 0.385 e. The van der Waals surface area contributed by atoms with Crippen LogP contribution in [-0.4, -0.2) is 59.4 Å². The third-order valence-corrected chi connectivity index (χ3v) is 9.50. The number of nitrogens with zero attached hydrogens (tertiary/aromatic N) is 3. The molecule has 0 spiro atoms. The summed E-state index contributed by atoms with van der Waals surface area (Å²) >= 11 is 0. The van der Waals surface area contributed by atoms with Gasteiger partial charge in [-0.05, 0) is 99.0 Å². The SMILES string of the molecule is COCCC1CCCN(C(=O)Cc2cn3c(C(=O)NCC45CC6CC(CC(C6)C4)C5)cccc3n2)C1. The summed E-state index contributed by atoms with van der Waals surface area (Å²) in [5.41, 5.74) is 2.35. The number of methoxy groups -OCH3 is 1. The standard InChI is InChI=1S/C29H40N4O3/c1-36-9-7-20-4-3-8-32(17-20)27(34)13-24-18-33-25(5-2-6-26(33)31-24)28(35)30-19-29-14-21-10-22(15-29)12-23(11-21)16-29/h2,5-6,18,20-23H,3-4,7-17,19H2,1H3,(H,30,35). The van der Waals surface area contributed by atoms with Gasteiger partial charge in [-0.1, -0.05) is 6.07 Å². The minimum atomic E-state index is -0.0383. The molecule has 7 rings (SSSR count). The van der Waals surface area contributed by atoms with E-state index >= 15 is 0 Å². The molecular weight excluding hydrogens is 452 g/mol. The number of likely N-dealkylation sites (tertiary alicyclic amines) is 1. The molecule has 7 heteroatoms. The molecule has 7 nitrogen and oxygen atoms in total. The van der Waals surface area contributed by atoms with E-state index in [2.05, 4.69) is 10.3 Å². The van der Waals surface area contributed by atoms with E-state index in [1.165, 1.54) is 38.5 Å². The predicted molar refractivity (Wildman–Crippen MR) is 138 cm³/mol. The van der Waals surface area contributed by atoms with Gasteiger partial charge in [0.2, 0.25) is 5.91 Å². The summed E-state index contributed by atoms with van der Waals surface area (Å²) in [6.07, 6.45) is 13.4. The second-order valence-electron chi connectivity index (χ2n) is 12.3. The first-order valence-electron chi connectivity index (χ1n) is 14.0. The number of amides is 2. The van der Waals surface area contributed by atoms with Crippen molar-refractivity contribution in [1.29, 1.82) is 0 Å². The Labute approximate surface area is 214 Å². The zero-order valence-electron chi connectivity index (χ0n) is 21.6. The summed E-state index contributed by atoms with van der Waals surface area (Å²) in [5, 5.41) is 3.30. The second kappa shape index (κ2) is 9.81. The van der Waals surface area contributed by atoms with Crippen LogP contribution in [-0.2, 0) is 16.0 Å². The first-order valence-corrected chi connectivity index (χ1v) is 14.0. The van der Waals surface area contributed by atoms with Gasteiger partial charge in [0.1, 0.15) is 11.3 Å². The summed E-state index contributed by atoms with van der Waals surface area (Å²) in [6, 6.07) is 5.66. The van der Waals surface area contributed by atoms with Gasteiger partial charge in [-0.2, -0.15) is 0 Å². The van der Waals surface area contributed by atoms with Crippen LogP contribution in [0.1, 0.15) is 74.0 Å². The van der Waals surface area contributed by atoms with Gasteiger partial charge in [0.15, 0.2) is 0 Å². The molecule has 1 unspecified atom stereocenters. The molecule has 1 aliphatic heterocycles. The van der Waals surface area contributed by atoms with Gasteiger partial charge in [0.05, 0.1) is 12.1 Å². The van der Waals surface area contributed by atoms with E-state index in [-0.39, 0.29) is 18.2 Å². The minimum absolute atomic E-state index is 0.0383. The quantitative estimate of drug-likeness (QED) is 0.602. The van der Waals surface area contributed by atoms with Crippen molar-refractivity contribution in [3.8, 4) is 0 Å². The van der Waals surface area contributed by atoms with Gasteiger partial charge in [-0.25, -0.2) is 4.98 Å². The van der Waals surface area contributed by atoms with Gasteiger partial charge in [0.25, 0.3) is 5.91 Å². The van der Waals surface area contributed by atoms with Crippen molar-refractivity contribution >= 4 is 17.5 Å². The number of fused-ring (bicyclic) bond motifs is 1. The summed E-state index contributed by atoms with van der Waals surface area (Å²) in [4.78, 5) is 33.0. The Hall–Kier alpha value is -2.41. The zero-order valence-corrected chi connectivity index (χ0v) is 21.6. The maximum absolute atomic E-state index is 13.3. The van der Waals surface area contributed by atoms with Crippen molar-refractivity contribution in [2.45, 2.75) is 64.2 Å². The fraction of sp³-hybridized carbons (Fsp3) is 0.690. The number of carbonyl (C=O) groups excluding carboxylic acids is 2. The third kappa shape index (κ3) is 4.79. The van der Waals surface area contributed by atoms with Crippen molar-refractivity contribution in [3.05, 3.63) is 35.8 Å². The monoisotopic (exact) mass is 492 g/mol. The van der Waals surface area contributed by atoms with Crippen molar-refractivity contribution in [2.75, 3.05) is 33.4 Å². The molecule has 1 saturated heterocycles. The van der Waals surface area contributed by atoms with Crippen LogP contribution in [0, 0.1) is 29.1 Å². The van der Waals surface area contributed by atoms with E-state index in [1.807, 2.05) is 33.7 Å². The highest BCUT2D eigenvalue weighted by Crippen LogP contribution is 2.59. The van der Waals surface area contributed by atoms with Gasteiger partial charge < -0.3 is 15.0 Å². The fourth-order valence-corrected chi connectivity index (χ4v) is 8.27. The lowest BCUT2D eigenvalue weighted by molar-refractivity contribution is -0.132. The Morgan fingerprint density at radius 3 is 2.61 bits per heavy atom. The maximum atomic E-state index is 13.3. The molecule has 1 atom stereocenters. The molecule has 2 aromatic heterocycles. The van der Waals surface area contributed by atoms with Crippen LogP contribution < -0.4 is 5.32 Å². The number of imidazole rings is 1. The first kappa shape index (κ1) is 24.0. The Bertz CT molecular complexity index is 1090. The molecule has 4 saturated carbocycles. The van der Waals surface area contributed by atoms with Crippen molar-refractivity contribution < 1.29 is 14.3 Å². The van der Waals surface area contributed by atoms with Crippen LogP contribution in [0.4, 0.5) is 0 Å². The normalized spacial score (nSPS) is 31.2. The molecular formula is C29H40N4O3. The Morgan fingerprint density at radius 1 is 1.14 bits per heavy atom. The predicted octanol–water partition coefficient (Wildman–Crippen LogP) is 4.10. The molecule has 5 fully saturated rings. The number of hydrogen-bond donors (Lipinski definition) is 1. The van der Waals surface area contributed by atoms with E-state index in [1.54, 1.807) is 7.11 Å². The Balaban J connectivity index is 1.11. The lowest BCUT2D eigenvalue weighted by Gasteiger charge is -2.56. The lowest BCUT2D eigenvalue weighted by atomic mass is 9.49. The smallest absolute Gasteiger partial charge is 0.268 e. The molecule has 3 heterocycles. The summed E-state index contributed by atoms with van der Waals surface area (Å²) in [5.74, 6) is 3.21. The topological polar surface area (TPSA) is 75.9 Å². The van der Waals surface area contributed by atoms with Gasteiger partial charge in [-0.3, -0.25) is 14.0 Å². The second-order valence-corrected chi connectivity index (χ2v) is 12.3. The number of carbonyl (C=O) groups is 2. The van der Waals surface area contributed by atoms with Crippen LogP contribution >= 0.6 is 0 Å². The Morgan fingerprint density at radius 2 is 1.89 bits per heavy atom. The van der Waals surface area contributed by atoms with E-state index < -0.39 is 0 Å². The molecule has 0 aromatic carbocycles. The highest BCUT2D eigenvalue weighted by Gasteiger charge is 2.50. The van der Waals surface area contributed by atoms with E-state index in [0.717, 1.165) is 74.6 Å².